The number of carbonyl (C=O) groups is 1. The van der Waals surface area contributed by atoms with E-state index >= 15 is 0 Å². The van der Waals surface area contributed by atoms with Crippen LogP contribution in [-0.2, 0) is 6.54 Å². The molecule has 3 heterocycles. The van der Waals surface area contributed by atoms with Crippen molar-refractivity contribution in [1.29, 1.82) is 0 Å². The van der Waals surface area contributed by atoms with Crippen molar-refractivity contribution in [3.63, 3.8) is 0 Å². The van der Waals surface area contributed by atoms with Crippen molar-refractivity contribution in [3.05, 3.63) is 72.2 Å². The molecule has 0 aliphatic heterocycles. The average Bonchev–Trinajstić information content (AvgIpc) is 3.24. The second-order valence-corrected chi connectivity index (χ2v) is 6.82. The van der Waals surface area contributed by atoms with Gasteiger partial charge in [-0.05, 0) is 23.8 Å². The number of hydrogen-bond acceptors (Lipinski definition) is 6. The average molecular weight is 398 g/mol. The first-order chi connectivity index (χ1) is 14.7. The second-order valence-electron chi connectivity index (χ2n) is 6.82. The molecule has 5 rings (SSSR count). The van der Waals surface area contributed by atoms with E-state index in [1.54, 1.807) is 30.0 Å². The number of methoxy groups -OCH3 is 1. The number of nitrogen functional groups attached to an aromatic ring is 1. The van der Waals surface area contributed by atoms with E-state index in [2.05, 4.69) is 20.3 Å². The normalized spacial score (nSPS) is 11.2. The number of carbonyl (C=O) groups excluding carboxylic acids is 1. The highest BCUT2D eigenvalue weighted by molar-refractivity contribution is 5.99. The van der Waals surface area contributed by atoms with E-state index in [4.69, 9.17) is 10.5 Å². The number of ether oxygens (including phenoxy) is 1. The molecule has 0 saturated heterocycles. The number of benzene rings is 2. The summed E-state index contributed by atoms with van der Waals surface area (Å²) < 4.78 is 6.98. The standard InChI is InChI=1S/C22H18N6O2/c1-30-17-9-3-8-15-19(17)27-22(23)28-12-16(26-20(15)28)21(29)25-11-14-6-2-5-13-7-4-10-24-18(13)14/h2-10,12H,11H2,1H3,(H2,23,27)(H,25,29). The molecule has 0 fully saturated rings. The van der Waals surface area contributed by atoms with Crippen molar-refractivity contribution >= 4 is 39.3 Å². The Morgan fingerprint density at radius 2 is 1.93 bits per heavy atom. The molecule has 1 amide bonds. The molecule has 148 valence electrons. The SMILES string of the molecule is COc1cccc2c1nc(N)n1cc(C(=O)NCc3cccc4cccnc34)nc21. The lowest BCUT2D eigenvalue weighted by Gasteiger charge is -2.07. The van der Waals surface area contributed by atoms with E-state index in [9.17, 15) is 4.79 Å². The fourth-order valence-electron chi connectivity index (χ4n) is 3.58. The highest BCUT2D eigenvalue weighted by Gasteiger charge is 2.17. The van der Waals surface area contributed by atoms with Crippen LogP contribution in [0.15, 0.2) is 60.9 Å². The molecule has 2 aromatic carbocycles. The topological polar surface area (TPSA) is 107 Å². The van der Waals surface area contributed by atoms with Crippen molar-refractivity contribution in [3.8, 4) is 5.75 Å². The maximum Gasteiger partial charge on any atom is 0.271 e. The summed E-state index contributed by atoms with van der Waals surface area (Å²) in [5, 5.41) is 4.69. The van der Waals surface area contributed by atoms with E-state index in [1.165, 1.54) is 0 Å². The van der Waals surface area contributed by atoms with E-state index in [-0.39, 0.29) is 17.5 Å². The zero-order valence-electron chi connectivity index (χ0n) is 16.2. The number of anilines is 1. The number of imidazole rings is 1. The number of pyridine rings is 1. The van der Waals surface area contributed by atoms with Gasteiger partial charge in [0.2, 0.25) is 5.95 Å². The molecule has 30 heavy (non-hydrogen) atoms. The first kappa shape index (κ1) is 17.9. The van der Waals surface area contributed by atoms with Crippen LogP contribution < -0.4 is 15.8 Å². The van der Waals surface area contributed by atoms with Gasteiger partial charge in [0.1, 0.15) is 22.6 Å². The summed E-state index contributed by atoms with van der Waals surface area (Å²) in [6.07, 6.45) is 3.33. The van der Waals surface area contributed by atoms with Crippen LogP contribution in [-0.4, -0.2) is 32.4 Å². The summed E-state index contributed by atoms with van der Waals surface area (Å²) in [4.78, 5) is 26.1. The molecule has 0 aliphatic rings. The van der Waals surface area contributed by atoms with Crippen molar-refractivity contribution in [1.82, 2.24) is 24.7 Å². The highest BCUT2D eigenvalue weighted by atomic mass is 16.5. The van der Waals surface area contributed by atoms with Gasteiger partial charge in [-0.2, -0.15) is 0 Å². The molecule has 8 nitrogen and oxygen atoms in total. The fourth-order valence-corrected chi connectivity index (χ4v) is 3.58. The molecule has 0 unspecified atom stereocenters. The maximum atomic E-state index is 12.8. The number of amides is 1. The Morgan fingerprint density at radius 3 is 2.80 bits per heavy atom. The number of nitrogens with two attached hydrogens (primary N) is 1. The van der Waals surface area contributed by atoms with Crippen LogP contribution in [0.2, 0.25) is 0 Å². The lowest BCUT2D eigenvalue weighted by atomic mass is 10.1. The Bertz CT molecular complexity index is 1420. The Balaban J connectivity index is 1.49. The minimum Gasteiger partial charge on any atom is -0.494 e. The van der Waals surface area contributed by atoms with Crippen LogP contribution in [0.1, 0.15) is 16.1 Å². The van der Waals surface area contributed by atoms with Crippen LogP contribution in [0.3, 0.4) is 0 Å². The van der Waals surface area contributed by atoms with Crippen LogP contribution >= 0.6 is 0 Å². The van der Waals surface area contributed by atoms with Crippen LogP contribution in [0.4, 0.5) is 5.95 Å². The molecule has 3 aromatic heterocycles. The number of nitrogens with zero attached hydrogens (tertiary/aromatic N) is 4. The van der Waals surface area contributed by atoms with Gasteiger partial charge in [0.05, 0.1) is 12.6 Å². The molecule has 0 bridgehead atoms. The smallest absolute Gasteiger partial charge is 0.271 e. The molecule has 3 N–H and O–H groups in total. The van der Waals surface area contributed by atoms with Crippen molar-refractivity contribution in [2.75, 3.05) is 12.8 Å². The van der Waals surface area contributed by atoms with Crippen molar-refractivity contribution in [2.24, 2.45) is 0 Å². The highest BCUT2D eigenvalue weighted by Crippen LogP contribution is 2.28. The van der Waals surface area contributed by atoms with Gasteiger partial charge < -0.3 is 15.8 Å². The Hall–Kier alpha value is -4.20. The predicted octanol–water partition coefficient (Wildman–Crippen LogP) is 2.95. The summed E-state index contributed by atoms with van der Waals surface area (Å²) in [6, 6.07) is 15.3. The summed E-state index contributed by atoms with van der Waals surface area (Å²) in [7, 11) is 1.57. The second kappa shape index (κ2) is 7.00. The van der Waals surface area contributed by atoms with E-state index in [1.807, 2.05) is 42.5 Å². The van der Waals surface area contributed by atoms with Gasteiger partial charge in [0, 0.05) is 29.7 Å². The Labute approximate surface area is 171 Å². The maximum absolute atomic E-state index is 12.8. The third-order valence-electron chi connectivity index (χ3n) is 5.03. The molecule has 0 aliphatic carbocycles. The number of fused-ring (bicyclic) bond motifs is 4. The Kier molecular flexibility index (Phi) is 4.17. The summed E-state index contributed by atoms with van der Waals surface area (Å²) in [5.74, 6) is 0.521. The molecular weight excluding hydrogens is 380 g/mol. The number of nitrogens with one attached hydrogen (secondary N) is 1. The molecule has 0 saturated carbocycles. The fraction of sp³-hybridized carbons (Fsp3) is 0.0909. The van der Waals surface area contributed by atoms with Crippen molar-refractivity contribution in [2.45, 2.75) is 6.54 Å². The number of para-hydroxylation sites is 2. The number of rotatable bonds is 4. The molecule has 0 atom stereocenters. The minimum absolute atomic E-state index is 0.229. The molecular formula is C22H18N6O2. The zero-order valence-corrected chi connectivity index (χ0v) is 16.2. The van der Waals surface area contributed by atoms with Gasteiger partial charge in [-0.25, -0.2) is 9.97 Å². The van der Waals surface area contributed by atoms with Crippen LogP contribution in [0, 0.1) is 0 Å². The molecule has 0 spiro atoms. The quantitative estimate of drug-likeness (QED) is 0.482. The van der Waals surface area contributed by atoms with Crippen LogP contribution in [0.25, 0.3) is 27.5 Å². The van der Waals surface area contributed by atoms with Gasteiger partial charge in [-0.3, -0.25) is 14.2 Å². The first-order valence-corrected chi connectivity index (χ1v) is 9.38. The summed E-state index contributed by atoms with van der Waals surface area (Å²) >= 11 is 0. The van der Waals surface area contributed by atoms with Crippen molar-refractivity contribution < 1.29 is 9.53 Å². The third-order valence-corrected chi connectivity index (χ3v) is 5.03. The van der Waals surface area contributed by atoms with Gasteiger partial charge in [0.15, 0.2) is 0 Å². The predicted molar refractivity (Wildman–Crippen MR) is 114 cm³/mol. The number of hydrogen-bond donors (Lipinski definition) is 2. The molecule has 0 radical (unpaired) electrons. The lowest BCUT2D eigenvalue weighted by molar-refractivity contribution is 0.0946. The van der Waals surface area contributed by atoms with E-state index < -0.39 is 0 Å². The monoisotopic (exact) mass is 398 g/mol. The molecule has 5 aromatic rings. The Morgan fingerprint density at radius 1 is 1.10 bits per heavy atom. The first-order valence-electron chi connectivity index (χ1n) is 9.38. The van der Waals surface area contributed by atoms with E-state index in [0.717, 1.165) is 21.9 Å². The zero-order chi connectivity index (χ0) is 20.7. The lowest BCUT2D eigenvalue weighted by Crippen LogP contribution is -2.23. The third kappa shape index (κ3) is 2.86. The van der Waals surface area contributed by atoms with Gasteiger partial charge in [-0.15, -0.1) is 0 Å². The summed E-state index contributed by atoms with van der Waals surface area (Å²) in [6.45, 7) is 0.337. The van der Waals surface area contributed by atoms with Gasteiger partial charge in [-0.1, -0.05) is 30.3 Å². The van der Waals surface area contributed by atoms with Gasteiger partial charge >= 0.3 is 0 Å². The van der Waals surface area contributed by atoms with E-state index in [0.29, 0.717) is 23.5 Å². The summed E-state index contributed by atoms with van der Waals surface area (Å²) in [5.41, 5.74) is 9.30. The largest absolute Gasteiger partial charge is 0.494 e. The van der Waals surface area contributed by atoms with Gasteiger partial charge in [0.25, 0.3) is 5.91 Å². The minimum atomic E-state index is -0.304. The molecule has 8 heteroatoms. The number of aromatic nitrogens is 4. The van der Waals surface area contributed by atoms with Crippen LogP contribution in [0.5, 0.6) is 5.75 Å².